The van der Waals surface area contributed by atoms with Gasteiger partial charge in [0.2, 0.25) is 6.41 Å². The Morgan fingerprint density at radius 3 is 2.29 bits per heavy atom. The summed E-state index contributed by atoms with van der Waals surface area (Å²) >= 11 is 0. The number of nitrogens with zero attached hydrogens (tertiary/aromatic N) is 1. The van der Waals surface area contributed by atoms with Gasteiger partial charge in [0, 0.05) is 32.5 Å². The van der Waals surface area contributed by atoms with Crippen LogP contribution in [0.1, 0.15) is 10.4 Å². The van der Waals surface area contributed by atoms with Gasteiger partial charge in [0.1, 0.15) is 5.82 Å². The second-order valence-electron chi connectivity index (χ2n) is 5.05. The van der Waals surface area contributed by atoms with E-state index in [1.807, 2.05) is 0 Å². The number of carbonyl (C=O) groups excluding carboxylic acids is 2. The van der Waals surface area contributed by atoms with Gasteiger partial charge in [-0.2, -0.15) is 0 Å². The number of carbonyl (C=O) groups is 2. The van der Waals surface area contributed by atoms with Gasteiger partial charge in [0.15, 0.2) is 0 Å². The number of halogens is 1. The zero-order valence-corrected chi connectivity index (χ0v) is 13.7. The molecule has 2 aromatic rings. The number of hydrogen-bond donors (Lipinski definition) is 3. The Balaban J connectivity index is 2.39. The highest BCUT2D eigenvalue weighted by molar-refractivity contribution is 6.10. The third-order valence-corrected chi connectivity index (χ3v) is 3.66. The summed E-state index contributed by atoms with van der Waals surface area (Å²) in [6, 6.07) is 9.43. The minimum atomic E-state index is -0.519. The van der Waals surface area contributed by atoms with E-state index in [1.165, 1.54) is 24.1 Å². The first-order valence-electron chi connectivity index (χ1n) is 7.29. The van der Waals surface area contributed by atoms with Crippen LogP contribution in [0, 0.1) is 5.82 Å². The molecule has 0 atom stereocenters. The predicted octanol–water partition coefficient (Wildman–Crippen LogP) is 2.75. The van der Waals surface area contributed by atoms with Crippen molar-refractivity contribution in [2.24, 2.45) is 0 Å². The zero-order valence-electron chi connectivity index (χ0n) is 13.7. The van der Waals surface area contributed by atoms with Gasteiger partial charge < -0.3 is 20.9 Å². The summed E-state index contributed by atoms with van der Waals surface area (Å²) in [5, 5.41) is 8.26. The fraction of sp³-hybridized carbons (Fsp3) is 0.176. The molecule has 0 aliphatic rings. The van der Waals surface area contributed by atoms with Crippen molar-refractivity contribution in [3.05, 3.63) is 47.8 Å². The van der Waals surface area contributed by atoms with Crippen molar-refractivity contribution in [2.75, 3.05) is 42.0 Å². The summed E-state index contributed by atoms with van der Waals surface area (Å²) in [4.78, 5) is 24.7. The van der Waals surface area contributed by atoms with Crippen LogP contribution in [-0.2, 0) is 4.79 Å². The molecule has 0 heterocycles. The fourth-order valence-corrected chi connectivity index (χ4v) is 2.29. The highest BCUT2D eigenvalue weighted by Gasteiger charge is 2.20. The zero-order chi connectivity index (χ0) is 17.7. The predicted molar refractivity (Wildman–Crippen MR) is 94.4 cm³/mol. The molecule has 2 aromatic carbocycles. The van der Waals surface area contributed by atoms with Crippen LogP contribution in [0.25, 0.3) is 0 Å². The van der Waals surface area contributed by atoms with Crippen LogP contribution in [0.4, 0.5) is 27.1 Å². The molecule has 2 rings (SSSR count). The summed E-state index contributed by atoms with van der Waals surface area (Å²) in [7, 11) is 4.90. The molecule has 2 amide bonds. The second-order valence-corrected chi connectivity index (χ2v) is 5.05. The maximum absolute atomic E-state index is 14.2. The first-order chi connectivity index (χ1) is 11.5. The van der Waals surface area contributed by atoms with E-state index in [2.05, 4.69) is 16.0 Å². The van der Waals surface area contributed by atoms with Crippen LogP contribution in [-0.4, -0.2) is 33.5 Å². The van der Waals surface area contributed by atoms with Crippen molar-refractivity contribution in [3.8, 4) is 0 Å². The van der Waals surface area contributed by atoms with Gasteiger partial charge in [-0.05, 0) is 36.4 Å². The molecule has 0 fully saturated rings. The smallest absolute Gasteiger partial charge is 0.260 e. The molecule has 24 heavy (non-hydrogen) atoms. The minimum Gasteiger partial charge on any atom is -0.388 e. The van der Waals surface area contributed by atoms with E-state index in [0.717, 1.165) is 5.69 Å². The number of hydrogen-bond acceptors (Lipinski definition) is 4. The summed E-state index contributed by atoms with van der Waals surface area (Å²) in [6.07, 6.45) is 0.494. The van der Waals surface area contributed by atoms with Crippen LogP contribution >= 0.6 is 0 Å². The minimum absolute atomic E-state index is 0.147. The third-order valence-electron chi connectivity index (χ3n) is 3.66. The summed E-state index contributed by atoms with van der Waals surface area (Å²) in [5.74, 6) is -0.951. The van der Waals surface area contributed by atoms with E-state index in [9.17, 15) is 14.0 Å². The summed E-state index contributed by atoms with van der Waals surface area (Å²) < 4.78 is 14.2. The Bertz CT molecular complexity index is 764. The molecule has 126 valence electrons. The SMILES string of the molecule is CNc1ccc(N(C)C(=O)c2ccc(NC)cc2NC=O)c(F)c1. The molecule has 0 radical (unpaired) electrons. The highest BCUT2D eigenvalue weighted by atomic mass is 19.1. The van der Waals surface area contributed by atoms with Crippen LogP contribution in [0.2, 0.25) is 0 Å². The lowest BCUT2D eigenvalue weighted by Crippen LogP contribution is -2.28. The van der Waals surface area contributed by atoms with E-state index < -0.39 is 11.7 Å². The maximum Gasteiger partial charge on any atom is 0.260 e. The van der Waals surface area contributed by atoms with Crippen molar-refractivity contribution in [1.29, 1.82) is 0 Å². The molecule has 0 bridgehead atoms. The Labute approximate surface area is 139 Å². The molecule has 0 aliphatic heterocycles. The van der Waals surface area contributed by atoms with Crippen LogP contribution in [0.15, 0.2) is 36.4 Å². The van der Waals surface area contributed by atoms with E-state index in [4.69, 9.17) is 0 Å². The molecule has 0 saturated carbocycles. The lowest BCUT2D eigenvalue weighted by molar-refractivity contribution is -0.105. The van der Waals surface area contributed by atoms with Crippen molar-refractivity contribution in [1.82, 2.24) is 0 Å². The standard InChI is InChI=1S/C17H19FN4O2/c1-19-11-5-7-16(14(18)8-11)22(3)17(24)13-6-4-12(20-2)9-15(13)21-10-23/h4-10,19-20H,1-3H3,(H,21,23). The molecular formula is C17H19FN4O2. The third kappa shape index (κ3) is 3.45. The van der Waals surface area contributed by atoms with E-state index in [-0.39, 0.29) is 11.3 Å². The lowest BCUT2D eigenvalue weighted by Gasteiger charge is -2.20. The molecular weight excluding hydrogens is 311 g/mol. The number of amides is 2. The lowest BCUT2D eigenvalue weighted by atomic mass is 10.1. The van der Waals surface area contributed by atoms with Gasteiger partial charge in [-0.25, -0.2) is 4.39 Å². The van der Waals surface area contributed by atoms with Gasteiger partial charge in [-0.3, -0.25) is 9.59 Å². The molecule has 6 nitrogen and oxygen atoms in total. The van der Waals surface area contributed by atoms with E-state index in [1.54, 1.807) is 38.4 Å². The first kappa shape index (κ1) is 17.3. The van der Waals surface area contributed by atoms with Gasteiger partial charge >= 0.3 is 0 Å². The fourth-order valence-electron chi connectivity index (χ4n) is 2.29. The van der Waals surface area contributed by atoms with Gasteiger partial charge in [0.25, 0.3) is 5.91 Å². The average molecular weight is 330 g/mol. The Hall–Kier alpha value is -3.09. The van der Waals surface area contributed by atoms with Crippen molar-refractivity contribution in [2.45, 2.75) is 0 Å². The second kappa shape index (κ2) is 7.45. The van der Waals surface area contributed by atoms with Crippen molar-refractivity contribution >= 4 is 35.1 Å². The molecule has 0 saturated heterocycles. The average Bonchev–Trinajstić information content (AvgIpc) is 2.60. The molecule has 7 heteroatoms. The first-order valence-corrected chi connectivity index (χ1v) is 7.29. The van der Waals surface area contributed by atoms with E-state index in [0.29, 0.717) is 17.8 Å². The molecule has 0 spiro atoms. The number of nitrogens with one attached hydrogen (secondary N) is 3. The summed E-state index contributed by atoms with van der Waals surface area (Å²) in [6.45, 7) is 0. The number of benzene rings is 2. The Kier molecular flexibility index (Phi) is 5.36. The Morgan fingerprint density at radius 2 is 1.71 bits per heavy atom. The van der Waals surface area contributed by atoms with Gasteiger partial charge in [0.05, 0.1) is 16.9 Å². The van der Waals surface area contributed by atoms with E-state index >= 15 is 0 Å². The summed E-state index contributed by atoms with van der Waals surface area (Å²) in [5.41, 5.74) is 2.11. The van der Waals surface area contributed by atoms with Gasteiger partial charge in [-0.1, -0.05) is 0 Å². The monoisotopic (exact) mass is 330 g/mol. The molecule has 0 unspecified atom stereocenters. The van der Waals surface area contributed by atoms with Crippen LogP contribution < -0.4 is 20.9 Å². The highest BCUT2D eigenvalue weighted by Crippen LogP contribution is 2.26. The number of rotatable bonds is 6. The normalized spacial score (nSPS) is 10.0. The van der Waals surface area contributed by atoms with Gasteiger partial charge in [-0.15, -0.1) is 0 Å². The molecule has 0 aliphatic carbocycles. The topological polar surface area (TPSA) is 73.5 Å². The largest absolute Gasteiger partial charge is 0.388 e. The quantitative estimate of drug-likeness (QED) is 0.712. The maximum atomic E-state index is 14.2. The number of anilines is 4. The van der Waals surface area contributed by atoms with Crippen LogP contribution in [0.3, 0.4) is 0 Å². The molecule has 0 aromatic heterocycles. The van der Waals surface area contributed by atoms with Crippen molar-refractivity contribution < 1.29 is 14.0 Å². The van der Waals surface area contributed by atoms with Crippen molar-refractivity contribution in [3.63, 3.8) is 0 Å². The van der Waals surface area contributed by atoms with Crippen LogP contribution in [0.5, 0.6) is 0 Å². The Morgan fingerprint density at radius 1 is 1.08 bits per heavy atom. The molecule has 3 N–H and O–H groups in total.